The van der Waals surface area contributed by atoms with Crippen LogP contribution in [-0.4, -0.2) is 29.2 Å². The number of hydrogen-bond acceptors (Lipinski definition) is 6. The number of rotatable bonds is 4. The monoisotopic (exact) mass is 424 g/mol. The number of amides is 1. The number of carbonyl (C=O) groups is 1. The molecule has 0 radical (unpaired) electrons. The number of anilines is 1. The van der Waals surface area contributed by atoms with Crippen molar-refractivity contribution in [1.29, 1.82) is 0 Å². The first-order valence-corrected chi connectivity index (χ1v) is 11.6. The number of nitrogens with one attached hydrogen (secondary N) is 1. The second kappa shape index (κ2) is 8.25. The van der Waals surface area contributed by atoms with Crippen LogP contribution in [0.15, 0.2) is 41.6 Å². The molecule has 0 spiro atoms. The van der Waals surface area contributed by atoms with Gasteiger partial charge >= 0.3 is 0 Å². The standard InChI is InChI=1S/C18H17ClN2O2S3/c19-16-6-5-15(26-16)13-10-14(23-21-13)17(22)20-12-4-1-3-11(9-12)18-24-7-2-8-25-18/h1,3-6,9,14,18H,2,7-8,10H2,(H,20,22). The molecule has 1 unspecified atom stereocenters. The van der Waals surface area contributed by atoms with Gasteiger partial charge in [0, 0.05) is 12.1 Å². The molecule has 1 aromatic heterocycles. The Morgan fingerprint density at radius 1 is 1.23 bits per heavy atom. The van der Waals surface area contributed by atoms with Gasteiger partial charge in [-0.05, 0) is 47.8 Å². The molecule has 2 aliphatic heterocycles. The van der Waals surface area contributed by atoms with Gasteiger partial charge in [0.1, 0.15) is 5.71 Å². The lowest BCUT2D eigenvalue weighted by molar-refractivity contribution is -0.125. The maximum absolute atomic E-state index is 12.5. The van der Waals surface area contributed by atoms with Gasteiger partial charge in [-0.2, -0.15) is 0 Å². The molecule has 26 heavy (non-hydrogen) atoms. The Bertz CT molecular complexity index is 833. The van der Waals surface area contributed by atoms with Crippen LogP contribution in [0, 0.1) is 0 Å². The summed E-state index contributed by atoms with van der Waals surface area (Å²) in [6.45, 7) is 0. The van der Waals surface area contributed by atoms with Crippen molar-refractivity contribution in [2.75, 3.05) is 16.8 Å². The number of halogens is 1. The van der Waals surface area contributed by atoms with Crippen molar-refractivity contribution in [3.63, 3.8) is 0 Å². The minimum absolute atomic E-state index is 0.174. The molecule has 3 heterocycles. The number of thiophene rings is 1. The van der Waals surface area contributed by atoms with E-state index in [9.17, 15) is 4.79 Å². The Balaban J connectivity index is 1.38. The molecule has 4 rings (SSSR count). The first-order valence-electron chi connectivity index (χ1n) is 8.31. The molecule has 136 valence electrons. The third-order valence-corrected chi connectivity index (χ3v) is 8.37. The van der Waals surface area contributed by atoms with E-state index in [0.29, 0.717) is 15.3 Å². The number of carbonyl (C=O) groups excluding carboxylic acids is 1. The summed E-state index contributed by atoms with van der Waals surface area (Å²) < 4.78 is 1.15. The molecular formula is C18H17ClN2O2S3. The van der Waals surface area contributed by atoms with Crippen LogP contribution in [0.3, 0.4) is 0 Å². The van der Waals surface area contributed by atoms with Crippen LogP contribution in [-0.2, 0) is 9.63 Å². The zero-order valence-electron chi connectivity index (χ0n) is 13.8. The summed E-state index contributed by atoms with van der Waals surface area (Å²) in [5.74, 6) is 2.21. The van der Waals surface area contributed by atoms with Crippen molar-refractivity contribution in [1.82, 2.24) is 0 Å². The third kappa shape index (κ3) is 4.22. The van der Waals surface area contributed by atoms with Crippen molar-refractivity contribution >= 4 is 63.8 Å². The molecule has 1 saturated heterocycles. The summed E-state index contributed by atoms with van der Waals surface area (Å²) >= 11 is 11.3. The Kier molecular flexibility index (Phi) is 5.78. The summed E-state index contributed by atoms with van der Waals surface area (Å²) in [6, 6.07) is 11.8. The highest BCUT2D eigenvalue weighted by atomic mass is 35.5. The van der Waals surface area contributed by atoms with E-state index < -0.39 is 6.10 Å². The average Bonchev–Trinajstić information content (AvgIpc) is 3.32. The van der Waals surface area contributed by atoms with Crippen LogP contribution < -0.4 is 5.32 Å². The lowest BCUT2D eigenvalue weighted by Gasteiger charge is -2.21. The lowest BCUT2D eigenvalue weighted by Crippen LogP contribution is -2.28. The molecule has 8 heteroatoms. The first kappa shape index (κ1) is 18.2. The predicted octanol–water partition coefficient (Wildman–Crippen LogP) is 5.40. The van der Waals surface area contributed by atoms with E-state index in [-0.39, 0.29) is 5.91 Å². The van der Waals surface area contributed by atoms with Gasteiger partial charge < -0.3 is 10.2 Å². The topological polar surface area (TPSA) is 50.7 Å². The second-order valence-corrected chi connectivity index (χ2v) is 10.4. The quantitative estimate of drug-likeness (QED) is 0.713. The fourth-order valence-corrected chi connectivity index (χ4v) is 6.71. The first-order chi connectivity index (χ1) is 12.7. The number of nitrogens with zero attached hydrogens (tertiary/aromatic N) is 1. The van der Waals surface area contributed by atoms with E-state index in [0.717, 1.165) is 16.3 Å². The highest BCUT2D eigenvalue weighted by Crippen LogP contribution is 2.44. The Hall–Kier alpha value is -1.15. The fourth-order valence-electron chi connectivity index (χ4n) is 2.80. The summed E-state index contributed by atoms with van der Waals surface area (Å²) in [5.41, 5.74) is 2.82. The van der Waals surface area contributed by atoms with E-state index in [1.54, 1.807) is 0 Å². The van der Waals surface area contributed by atoms with Crippen LogP contribution >= 0.6 is 46.5 Å². The van der Waals surface area contributed by atoms with Gasteiger partial charge in [-0.25, -0.2) is 0 Å². The summed E-state index contributed by atoms with van der Waals surface area (Å²) in [7, 11) is 0. The van der Waals surface area contributed by atoms with Crippen LogP contribution in [0.5, 0.6) is 0 Å². The van der Waals surface area contributed by atoms with Crippen LogP contribution in [0.1, 0.15) is 27.9 Å². The fraction of sp³-hybridized carbons (Fsp3) is 0.333. The SMILES string of the molecule is O=C(Nc1cccc(C2SCCCS2)c1)C1CC(c2ccc(Cl)s2)=NO1. The van der Waals surface area contributed by atoms with E-state index in [2.05, 4.69) is 22.6 Å². The maximum atomic E-state index is 12.5. The molecule has 0 saturated carbocycles. The number of hydrogen-bond donors (Lipinski definition) is 1. The van der Waals surface area contributed by atoms with E-state index in [1.807, 2.05) is 47.8 Å². The zero-order valence-corrected chi connectivity index (χ0v) is 17.0. The highest BCUT2D eigenvalue weighted by molar-refractivity contribution is 8.16. The van der Waals surface area contributed by atoms with Crippen LogP contribution in [0.2, 0.25) is 4.34 Å². The molecule has 0 bridgehead atoms. The van der Waals surface area contributed by atoms with Crippen LogP contribution in [0.4, 0.5) is 5.69 Å². The van der Waals surface area contributed by atoms with Gasteiger partial charge in [0.05, 0.1) is 13.8 Å². The van der Waals surface area contributed by atoms with Crippen molar-refractivity contribution in [2.45, 2.75) is 23.5 Å². The number of thioether (sulfide) groups is 2. The lowest BCUT2D eigenvalue weighted by atomic mass is 10.1. The molecule has 0 aliphatic carbocycles. The second-order valence-electron chi connectivity index (χ2n) is 5.98. The van der Waals surface area contributed by atoms with E-state index in [4.69, 9.17) is 16.4 Å². The largest absolute Gasteiger partial charge is 0.382 e. The summed E-state index contributed by atoms with van der Waals surface area (Å²) in [5, 5.41) is 7.02. The normalized spacial score (nSPS) is 20.5. The van der Waals surface area contributed by atoms with Crippen molar-refractivity contribution in [2.24, 2.45) is 5.16 Å². The summed E-state index contributed by atoms with van der Waals surface area (Å²) in [6.07, 6.45) is 1.11. The van der Waals surface area contributed by atoms with E-state index in [1.165, 1.54) is 34.8 Å². The molecule has 1 atom stereocenters. The van der Waals surface area contributed by atoms with Crippen molar-refractivity contribution < 1.29 is 9.63 Å². The predicted molar refractivity (Wildman–Crippen MR) is 113 cm³/mol. The Morgan fingerprint density at radius 3 is 2.85 bits per heavy atom. The molecule has 1 N–H and O–H groups in total. The van der Waals surface area contributed by atoms with E-state index >= 15 is 0 Å². The molecule has 1 aromatic carbocycles. The molecule has 4 nitrogen and oxygen atoms in total. The molecule has 1 amide bonds. The summed E-state index contributed by atoms with van der Waals surface area (Å²) in [4.78, 5) is 18.8. The molecule has 2 aromatic rings. The molecule has 1 fully saturated rings. The number of benzene rings is 1. The average molecular weight is 425 g/mol. The van der Waals surface area contributed by atoms with Crippen molar-refractivity contribution in [3.8, 4) is 0 Å². The molecular weight excluding hydrogens is 408 g/mol. The third-order valence-electron chi connectivity index (χ3n) is 4.07. The smallest absolute Gasteiger partial charge is 0.268 e. The number of oxime groups is 1. The Morgan fingerprint density at radius 2 is 2.08 bits per heavy atom. The van der Waals surface area contributed by atoms with Gasteiger partial charge in [0.2, 0.25) is 6.10 Å². The highest BCUT2D eigenvalue weighted by Gasteiger charge is 2.29. The van der Waals surface area contributed by atoms with Crippen molar-refractivity contribution in [3.05, 3.63) is 51.2 Å². The van der Waals surface area contributed by atoms with Gasteiger partial charge in [-0.3, -0.25) is 4.79 Å². The van der Waals surface area contributed by atoms with Gasteiger partial charge in [-0.1, -0.05) is 28.9 Å². The van der Waals surface area contributed by atoms with Gasteiger partial charge in [-0.15, -0.1) is 34.9 Å². The Labute approximate surface area is 169 Å². The maximum Gasteiger partial charge on any atom is 0.268 e. The minimum Gasteiger partial charge on any atom is -0.382 e. The van der Waals surface area contributed by atoms with Gasteiger partial charge in [0.15, 0.2) is 0 Å². The minimum atomic E-state index is -0.604. The zero-order chi connectivity index (χ0) is 17.9. The van der Waals surface area contributed by atoms with Crippen LogP contribution in [0.25, 0.3) is 0 Å². The van der Waals surface area contributed by atoms with Gasteiger partial charge in [0.25, 0.3) is 5.91 Å². The molecule has 2 aliphatic rings.